The van der Waals surface area contributed by atoms with Gasteiger partial charge in [0, 0.05) is 24.5 Å². The van der Waals surface area contributed by atoms with Gasteiger partial charge >= 0.3 is 0 Å². The molecule has 4 heteroatoms. The fourth-order valence-electron chi connectivity index (χ4n) is 1.83. The Kier molecular flexibility index (Phi) is 4.20. The zero-order valence-electron chi connectivity index (χ0n) is 8.91. The van der Waals surface area contributed by atoms with Crippen LogP contribution in [0.1, 0.15) is 18.2 Å². The van der Waals surface area contributed by atoms with Crippen LogP contribution < -0.4 is 0 Å². The van der Waals surface area contributed by atoms with E-state index in [1.54, 1.807) is 0 Å². The molecule has 0 saturated carbocycles. The first-order valence-electron chi connectivity index (χ1n) is 5.36. The number of hydrogen-bond donors (Lipinski definition) is 0. The molecule has 1 unspecified atom stereocenters. The molecule has 84 valence electrons. The lowest BCUT2D eigenvalue weighted by Crippen LogP contribution is -2.41. The van der Waals surface area contributed by atoms with Gasteiger partial charge in [-0.25, -0.2) is 0 Å². The van der Waals surface area contributed by atoms with E-state index in [1.807, 2.05) is 11.3 Å². The lowest BCUT2D eigenvalue weighted by Gasteiger charge is -2.32. The second-order valence-corrected chi connectivity index (χ2v) is 6.39. The van der Waals surface area contributed by atoms with Crippen LogP contribution in [0.15, 0.2) is 15.9 Å². The van der Waals surface area contributed by atoms with Crippen molar-refractivity contribution in [2.45, 2.75) is 26.0 Å². The summed E-state index contributed by atoms with van der Waals surface area (Å²) in [7, 11) is 0. The van der Waals surface area contributed by atoms with Gasteiger partial charge in [-0.15, -0.1) is 11.3 Å². The molecular formula is C11H16BrNOS. The quantitative estimate of drug-likeness (QED) is 0.848. The first-order valence-corrected chi connectivity index (χ1v) is 6.97. The second-order valence-electron chi connectivity index (χ2n) is 3.84. The Morgan fingerprint density at radius 3 is 3.13 bits per heavy atom. The minimum absolute atomic E-state index is 0.433. The molecule has 2 rings (SSSR count). The zero-order valence-corrected chi connectivity index (χ0v) is 11.3. The van der Waals surface area contributed by atoms with Crippen LogP contribution in [0, 0.1) is 0 Å². The molecule has 0 spiro atoms. The fraction of sp³-hybridized carbons (Fsp3) is 0.636. The SMILES string of the molecule is CCC1CN(Cc2ccc(Br)s2)CCO1. The van der Waals surface area contributed by atoms with Crippen LogP contribution in [-0.4, -0.2) is 30.7 Å². The van der Waals surface area contributed by atoms with E-state index in [1.165, 1.54) is 8.66 Å². The van der Waals surface area contributed by atoms with Gasteiger partial charge in [-0.05, 0) is 34.5 Å². The molecule has 0 amide bonds. The van der Waals surface area contributed by atoms with Gasteiger partial charge in [0.1, 0.15) is 0 Å². The Labute approximate surface area is 103 Å². The number of morpholine rings is 1. The Morgan fingerprint density at radius 2 is 2.47 bits per heavy atom. The molecule has 1 aromatic rings. The average molecular weight is 290 g/mol. The van der Waals surface area contributed by atoms with Gasteiger partial charge in [0.15, 0.2) is 0 Å². The number of halogens is 1. The van der Waals surface area contributed by atoms with Crippen molar-refractivity contribution in [3.8, 4) is 0 Å². The highest BCUT2D eigenvalue weighted by Gasteiger charge is 2.19. The standard InChI is InChI=1S/C11H16BrNOS/c1-2-9-7-13(5-6-14-9)8-10-3-4-11(12)15-10/h3-4,9H,2,5-8H2,1H3. The minimum Gasteiger partial charge on any atom is -0.376 e. The van der Waals surface area contributed by atoms with Gasteiger partial charge in [-0.1, -0.05) is 6.92 Å². The van der Waals surface area contributed by atoms with Gasteiger partial charge in [0.2, 0.25) is 0 Å². The molecule has 1 atom stereocenters. The maximum absolute atomic E-state index is 5.65. The maximum atomic E-state index is 5.65. The highest BCUT2D eigenvalue weighted by atomic mass is 79.9. The van der Waals surface area contributed by atoms with Gasteiger partial charge < -0.3 is 4.74 Å². The highest BCUT2D eigenvalue weighted by molar-refractivity contribution is 9.11. The lowest BCUT2D eigenvalue weighted by atomic mass is 10.2. The maximum Gasteiger partial charge on any atom is 0.0701 e. The Bertz CT molecular complexity index is 315. The summed E-state index contributed by atoms with van der Waals surface area (Å²) in [4.78, 5) is 3.91. The van der Waals surface area contributed by atoms with Crippen LogP contribution in [0.25, 0.3) is 0 Å². The first kappa shape index (κ1) is 11.6. The minimum atomic E-state index is 0.433. The molecule has 0 aromatic carbocycles. The predicted molar refractivity (Wildman–Crippen MR) is 67.3 cm³/mol. The summed E-state index contributed by atoms with van der Waals surface area (Å²) < 4.78 is 6.87. The summed E-state index contributed by atoms with van der Waals surface area (Å²) in [6.45, 7) is 6.27. The monoisotopic (exact) mass is 289 g/mol. The molecule has 1 aliphatic rings. The third kappa shape index (κ3) is 3.28. The molecule has 1 aromatic heterocycles. The Morgan fingerprint density at radius 1 is 1.60 bits per heavy atom. The summed E-state index contributed by atoms with van der Waals surface area (Å²) in [5, 5.41) is 0. The van der Waals surface area contributed by atoms with E-state index in [-0.39, 0.29) is 0 Å². The fourth-order valence-corrected chi connectivity index (χ4v) is 3.35. The van der Waals surface area contributed by atoms with Crippen LogP contribution in [-0.2, 0) is 11.3 Å². The molecule has 1 fully saturated rings. The molecule has 0 radical (unpaired) electrons. The number of thiophene rings is 1. The molecule has 0 N–H and O–H groups in total. The molecule has 15 heavy (non-hydrogen) atoms. The van der Waals surface area contributed by atoms with Crippen LogP contribution in [0.5, 0.6) is 0 Å². The van der Waals surface area contributed by atoms with E-state index < -0.39 is 0 Å². The largest absolute Gasteiger partial charge is 0.376 e. The molecule has 2 nitrogen and oxygen atoms in total. The topological polar surface area (TPSA) is 12.5 Å². The number of nitrogens with zero attached hydrogens (tertiary/aromatic N) is 1. The summed E-state index contributed by atoms with van der Waals surface area (Å²) >= 11 is 5.32. The van der Waals surface area contributed by atoms with Crippen molar-refractivity contribution in [3.63, 3.8) is 0 Å². The van der Waals surface area contributed by atoms with E-state index in [2.05, 4.69) is 39.9 Å². The van der Waals surface area contributed by atoms with Crippen molar-refractivity contribution >= 4 is 27.3 Å². The Hall–Kier alpha value is 0.1000. The summed E-state index contributed by atoms with van der Waals surface area (Å²) in [5.74, 6) is 0. The van der Waals surface area contributed by atoms with Gasteiger partial charge in [0.25, 0.3) is 0 Å². The van der Waals surface area contributed by atoms with Crippen molar-refractivity contribution in [1.82, 2.24) is 4.90 Å². The highest BCUT2D eigenvalue weighted by Crippen LogP contribution is 2.24. The van der Waals surface area contributed by atoms with Crippen LogP contribution in [0.3, 0.4) is 0 Å². The van der Waals surface area contributed by atoms with Crippen molar-refractivity contribution in [1.29, 1.82) is 0 Å². The van der Waals surface area contributed by atoms with Crippen molar-refractivity contribution in [2.75, 3.05) is 19.7 Å². The molecule has 1 aliphatic heterocycles. The van der Waals surface area contributed by atoms with Crippen LogP contribution >= 0.6 is 27.3 Å². The van der Waals surface area contributed by atoms with Crippen LogP contribution in [0.4, 0.5) is 0 Å². The molecule has 0 bridgehead atoms. The lowest BCUT2D eigenvalue weighted by molar-refractivity contribution is -0.0321. The van der Waals surface area contributed by atoms with Crippen molar-refractivity contribution < 1.29 is 4.74 Å². The summed E-state index contributed by atoms with van der Waals surface area (Å²) in [6, 6.07) is 4.32. The van der Waals surface area contributed by atoms with Gasteiger partial charge in [-0.3, -0.25) is 4.90 Å². The number of ether oxygens (including phenoxy) is 1. The normalized spacial score (nSPS) is 23.2. The van der Waals surface area contributed by atoms with E-state index in [9.17, 15) is 0 Å². The second kappa shape index (κ2) is 5.43. The molecular weight excluding hydrogens is 274 g/mol. The summed E-state index contributed by atoms with van der Waals surface area (Å²) in [5.41, 5.74) is 0. The van der Waals surface area contributed by atoms with Gasteiger partial charge in [0.05, 0.1) is 16.5 Å². The first-order chi connectivity index (χ1) is 7.28. The number of hydrogen-bond acceptors (Lipinski definition) is 3. The molecule has 2 heterocycles. The van der Waals surface area contributed by atoms with Crippen molar-refractivity contribution in [2.24, 2.45) is 0 Å². The van der Waals surface area contributed by atoms with E-state index in [0.717, 1.165) is 32.7 Å². The van der Waals surface area contributed by atoms with Crippen molar-refractivity contribution in [3.05, 3.63) is 20.8 Å². The molecule has 0 aliphatic carbocycles. The van der Waals surface area contributed by atoms with Gasteiger partial charge in [-0.2, -0.15) is 0 Å². The van der Waals surface area contributed by atoms with Crippen LogP contribution in [0.2, 0.25) is 0 Å². The van der Waals surface area contributed by atoms with E-state index in [4.69, 9.17) is 4.74 Å². The van der Waals surface area contributed by atoms with E-state index in [0.29, 0.717) is 6.10 Å². The van der Waals surface area contributed by atoms with E-state index >= 15 is 0 Å². The summed E-state index contributed by atoms with van der Waals surface area (Å²) in [6.07, 6.45) is 1.55. The third-order valence-electron chi connectivity index (χ3n) is 2.69. The Balaban J connectivity index is 1.88. The zero-order chi connectivity index (χ0) is 10.7. The molecule has 1 saturated heterocycles. The average Bonchev–Trinajstić information content (AvgIpc) is 2.64. The third-order valence-corrected chi connectivity index (χ3v) is 4.29. The smallest absolute Gasteiger partial charge is 0.0701 e. The predicted octanol–water partition coefficient (Wildman–Crippen LogP) is 3.12. The number of rotatable bonds is 3.